The molecule has 0 bridgehead atoms. The van der Waals surface area contributed by atoms with E-state index in [1.807, 2.05) is 0 Å². The summed E-state index contributed by atoms with van der Waals surface area (Å²) in [7, 11) is 0. The molecule has 3 heteroatoms. The lowest BCUT2D eigenvalue weighted by atomic mass is 10.2. The van der Waals surface area contributed by atoms with Gasteiger partial charge in [0, 0.05) is 5.33 Å². The van der Waals surface area contributed by atoms with Crippen LogP contribution >= 0.6 is 15.9 Å². The predicted molar refractivity (Wildman–Crippen MR) is 59.8 cm³/mol. The first-order valence-corrected chi connectivity index (χ1v) is 6.27. The molecule has 0 aliphatic rings. The van der Waals surface area contributed by atoms with Gasteiger partial charge in [-0.3, -0.25) is 0 Å². The minimum Gasteiger partial charge on any atom is -1.00 e. The van der Waals surface area contributed by atoms with Crippen LogP contribution in [0.5, 0.6) is 0 Å². The Labute approximate surface area is 102 Å². The van der Waals surface area contributed by atoms with Gasteiger partial charge in [0.25, 0.3) is 0 Å². The van der Waals surface area contributed by atoms with Gasteiger partial charge >= 0.3 is 0 Å². The number of alkyl halides is 1. The lowest BCUT2D eigenvalue weighted by Gasteiger charge is -2.35. The summed E-state index contributed by atoms with van der Waals surface area (Å²) < 4.78 is 1.30. The van der Waals surface area contributed by atoms with Crippen molar-refractivity contribution in [3.8, 4) is 0 Å². The van der Waals surface area contributed by atoms with Crippen molar-refractivity contribution < 1.29 is 21.5 Å². The Morgan fingerprint density at radius 1 is 0.923 bits per heavy atom. The van der Waals surface area contributed by atoms with E-state index in [-0.39, 0.29) is 17.0 Å². The number of quaternary nitrogens is 1. The zero-order valence-electron chi connectivity index (χ0n) is 9.15. The molecule has 0 aliphatic heterocycles. The van der Waals surface area contributed by atoms with E-state index in [4.69, 9.17) is 0 Å². The van der Waals surface area contributed by atoms with Crippen molar-refractivity contribution in [1.82, 2.24) is 0 Å². The molecular weight excluding hydrogens is 294 g/mol. The molecule has 0 atom stereocenters. The highest BCUT2D eigenvalue weighted by Gasteiger charge is 2.18. The molecule has 0 spiro atoms. The molecule has 0 aromatic carbocycles. The second-order valence-corrected chi connectivity index (χ2v) is 4.20. The maximum Gasteiger partial charge on any atom is 0.0786 e. The lowest BCUT2D eigenvalue weighted by Crippen LogP contribution is -3.00. The summed E-state index contributed by atoms with van der Waals surface area (Å²) in [4.78, 5) is 0. The van der Waals surface area contributed by atoms with E-state index < -0.39 is 0 Å². The average molecular weight is 317 g/mol. The molecule has 0 radical (unpaired) electrons. The van der Waals surface area contributed by atoms with Crippen molar-refractivity contribution in [1.29, 1.82) is 0 Å². The van der Waals surface area contributed by atoms with E-state index >= 15 is 0 Å². The van der Waals surface area contributed by atoms with Crippen molar-refractivity contribution in [3.05, 3.63) is 0 Å². The van der Waals surface area contributed by atoms with Crippen molar-refractivity contribution in [3.63, 3.8) is 0 Å². The molecule has 0 saturated carbocycles. The van der Waals surface area contributed by atoms with Crippen LogP contribution in [0.2, 0.25) is 0 Å². The maximum atomic E-state index is 3.48. The third kappa shape index (κ3) is 6.08. The summed E-state index contributed by atoms with van der Waals surface area (Å²) in [5.41, 5.74) is 0. The highest BCUT2D eigenvalue weighted by molar-refractivity contribution is 9.09. The SMILES string of the molecule is CC[N+](CC)(CC)CCCCBr.[Br-]. The summed E-state index contributed by atoms with van der Waals surface area (Å²) in [6.45, 7) is 12.1. The zero-order valence-corrected chi connectivity index (χ0v) is 12.3. The van der Waals surface area contributed by atoms with Crippen molar-refractivity contribution in [2.24, 2.45) is 0 Å². The monoisotopic (exact) mass is 315 g/mol. The van der Waals surface area contributed by atoms with Gasteiger partial charge in [-0.25, -0.2) is 0 Å². The third-order valence-electron chi connectivity index (χ3n) is 3.03. The van der Waals surface area contributed by atoms with Crippen LogP contribution in [0.1, 0.15) is 33.6 Å². The number of hydrogen-bond acceptors (Lipinski definition) is 0. The summed E-state index contributed by atoms with van der Waals surface area (Å²) in [5, 5.41) is 1.16. The Kier molecular flexibility index (Phi) is 11.9. The molecule has 0 amide bonds. The molecule has 0 aliphatic carbocycles. The van der Waals surface area contributed by atoms with E-state index in [0.717, 1.165) is 5.33 Å². The Bertz CT molecular complexity index is 94.8. The minimum atomic E-state index is 0. The summed E-state index contributed by atoms with van der Waals surface area (Å²) in [6.07, 6.45) is 2.68. The number of hydrogen-bond donors (Lipinski definition) is 0. The average Bonchev–Trinajstić information content (AvgIpc) is 2.14. The van der Waals surface area contributed by atoms with Crippen LogP contribution in [0.3, 0.4) is 0 Å². The number of nitrogens with zero attached hydrogens (tertiary/aromatic N) is 1. The van der Waals surface area contributed by atoms with E-state index in [1.165, 1.54) is 43.5 Å². The molecule has 82 valence electrons. The molecule has 0 aromatic heterocycles. The van der Waals surface area contributed by atoms with E-state index in [9.17, 15) is 0 Å². The highest BCUT2D eigenvalue weighted by Crippen LogP contribution is 2.08. The van der Waals surface area contributed by atoms with Crippen molar-refractivity contribution >= 4 is 15.9 Å². The molecule has 0 unspecified atom stereocenters. The second kappa shape index (κ2) is 9.47. The number of unbranched alkanes of at least 4 members (excludes halogenated alkanes) is 1. The first-order valence-electron chi connectivity index (χ1n) is 5.15. The van der Waals surface area contributed by atoms with Gasteiger partial charge in [0.05, 0.1) is 26.2 Å². The van der Waals surface area contributed by atoms with E-state index in [0.29, 0.717) is 0 Å². The lowest BCUT2D eigenvalue weighted by molar-refractivity contribution is -0.923. The van der Waals surface area contributed by atoms with Crippen LogP contribution in [0, 0.1) is 0 Å². The summed E-state index contributed by atoms with van der Waals surface area (Å²) in [6, 6.07) is 0. The first-order chi connectivity index (χ1) is 5.74. The van der Waals surface area contributed by atoms with Gasteiger partial charge < -0.3 is 21.5 Å². The van der Waals surface area contributed by atoms with E-state index in [2.05, 4.69) is 36.7 Å². The minimum absolute atomic E-state index is 0. The Balaban J connectivity index is 0. The van der Waals surface area contributed by atoms with Crippen LogP contribution in [-0.2, 0) is 0 Å². The Morgan fingerprint density at radius 3 is 1.69 bits per heavy atom. The Hall–Kier alpha value is 0.920. The molecule has 1 nitrogen and oxygen atoms in total. The van der Waals surface area contributed by atoms with Gasteiger partial charge in [-0.1, -0.05) is 15.9 Å². The van der Waals surface area contributed by atoms with Gasteiger partial charge in [-0.2, -0.15) is 0 Å². The molecule has 0 fully saturated rings. The third-order valence-corrected chi connectivity index (χ3v) is 3.59. The van der Waals surface area contributed by atoms with Gasteiger partial charge in [0.2, 0.25) is 0 Å². The van der Waals surface area contributed by atoms with Crippen molar-refractivity contribution in [2.75, 3.05) is 31.5 Å². The molecule has 0 rings (SSSR count). The normalized spacial score (nSPS) is 11.1. The first kappa shape index (κ1) is 16.4. The smallest absolute Gasteiger partial charge is 0.0786 e. The Morgan fingerprint density at radius 2 is 1.38 bits per heavy atom. The second-order valence-electron chi connectivity index (χ2n) is 3.41. The van der Waals surface area contributed by atoms with Gasteiger partial charge in [-0.05, 0) is 33.6 Å². The highest BCUT2D eigenvalue weighted by atomic mass is 79.9. The molecular formula is C10H23Br2N. The number of rotatable bonds is 7. The molecule has 13 heavy (non-hydrogen) atoms. The molecule has 0 saturated heterocycles. The number of halogens is 2. The van der Waals surface area contributed by atoms with Crippen LogP contribution < -0.4 is 17.0 Å². The maximum absolute atomic E-state index is 3.48. The fourth-order valence-corrected chi connectivity index (χ4v) is 2.08. The summed E-state index contributed by atoms with van der Waals surface area (Å²) in [5.74, 6) is 0. The van der Waals surface area contributed by atoms with Gasteiger partial charge in [0.15, 0.2) is 0 Å². The van der Waals surface area contributed by atoms with Crippen LogP contribution in [0.4, 0.5) is 0 Å². The fraction of sp³-hybridized carbons (Fsp3) is 1.00. The van der Waals surface area contributed by atoms with Crippen molar-refractivity contribution in [2.45, 2.75) is 33.6 Å². The fourth-order valence-electron chi connectivity index (χ4n) is 1.69. The molecule has 0 N–H and O–H groups in total. The zero-order chi connectivity index (χ0) is 9.45. The molecule has 0 heterocycles. The largest absolute Gasteiger partial charge is 1.00 e. The predicted octanol–water partition coefficient (Wildman–Crippen LogP) is 0.0420. The standard InChI is InChI=1S/C10H23BrN.BrH/c1-4-12(5-2,6-3)10-8-7-9-11;/h4-10H2,1-3H3;1H/q+1;/p-1. The van der Waals surface area contributed by atoms with Gasteiger partial charge in [0.1, 0.15) is 0 Å². The van der Waals surface area contributed by atoms with Gasteiger partial charge in [-0.15, -0.1) is 0 Å². The van der Waals surface area contributed by atoms with Crippen LogP contribution in [0.25, 0.3) is 0 Å². The van der Waals surface area contributed by atoms with E-state index in [1.54, 1.807) is 0 Å². The molecule has 0 aromatic rings. The quantitative estimate of drug-likeness (QED) is 0.353. The topological polar surface area (TPSA) is 0 Å². The van der Waals surface area contributed by atoms with Crippen LogP contribution in [0.15, 0.2) is 0 Å². The summed E-state index contributed by atoms with van der Waals surface area (Å²) >= 11 is 3.48. The van der Waals surface area contributed by atoms with Crippen LogP contribution in [-0.4, -0.2) is 36.0 Å².